The van der Waals surface area contributed by atoms with E-state index in [4.69, 9.17) is 14.7 Å². The maximum Gasteiger partial charge on any atom is 0.163 e. The molecule has 1 aliphatic carbocycles. The zero-order valence-electron chi connectivity index (χ0n) is 20.0. The fourth-order valence-electron chi connectivity index (χ4n) is 5.84. The van der Waals surface area contributed by atoms with Gasteiger partial charge in [0, 0.05) is 40.7 Å². The van der Waals surface area contributed by atoms with Gasteiger partial charge in [0.2, 0.25) is 0 Å². The Hall–Kier alpha value is -4.12. The molecule has 2 aliphatic rings. The Morgan fingerprint density at radius 2 is 1.47 bits per heavy atom. The average molecular weight is 475 g/mol. The predicted octanol–water partition coefficient (Wildman–Crippen LogP) is 7.24. The highest BCUT2D eigenvalue weighted by Crippen LogP contribution is 2.54. The van der Waals surface area contributed by atoms with E-state index in [1.165, 1.54) is 12.1 Å². The normalized spacial score (nSPS) is 18.9. The number of halogens is 1. The number of nitrogens with zero attached hydrogens (tertiary/aromatic N) is 2. The van der Waals surface area contributed by atoms with Crippen molar-refractivity contribution < 1.29 is 13.9 Å². The Bertz CT molecular complexity index is 1770. The summed E-state index contributed by atoms with van der Waals surface area (Å²) in [4.78, 5) is 23.8. The number of rotatable bonds is 1. The number of aromatic nitrogens is 2. The minimum absolute atomic E-state index is 0.0660. The van der Waals surface area contributed by atoms with Gasteiger partial charge in [-0.25, -0.2) is 14.4 Å². The third kappa shape index (κ3) is 3.08. The van der Waals surface area contributed by atoms with Gasteiger partial charge in [-0.1, -0.05) is 62.4 Å². The van der Waals surface area contributed by atoms with Crippen LogP contribution in [0.15, 0.2) is 84.1 Å². The second-order valence-electron chi connectivity index (χ2n) is 10.6. The topological polar surface area (TPSA) is 52.1 Å². The molecule has 4 nitrogen and oxygen atoms in total. The molecule has 7 rings (SSSR count). The summed E-state index contributed by atoms with van der Waals surface area (Å²) in [6.07, 6.45) is 1.09. The molecular formula is C31H23FN2O2. The zero-order valence-corrected chi connectivity index (χ0v) is 20.0. The Balaban J connectivity index is 1.65. The van der Waals surface area contributed by atoms with Gasteiger partial charge in [0.15, 0.2) is 5.78 Å². The first-order valence-corrected chi connectivity index (χ1v) is 12.2. The number of benzene rings is 4. The molecule has 0 N–H and O–H groups in total. The van der Waals surface area contributed by atoms with Crippen molar-refractivity contribution >= 4 is 38.6 Å². The molecule has 0 radical (unpaired) electrons. The maximum absolute atomic E-state index is 14.0. The van der Waals surface area contributed by atoms with Gasteiger partial charge in [-0.05, 0) is 35.2 Å². The summed E-state index contributed by atoms with van der Waals surface area (Å²) in [5.41, 5.74) is 5.17. The Labute approximate surface area is 207 Å². The highest BCUT2D eigenvalue weighted by molar-refractivity contribution is 6.12. The van der Waals surface area contributed by atoms with Crippen LogP contribution in [0.4, 0.5) is 4.39 Å². The van der Waals surface area contributed by atoms with Gasteiger partial charge in [-0.2, -0.15) is 0 Å². The van der Waals surface area contributed by atoms with E-state index in [1.807, 2.05) is 48.5 Å². The Morgan fingerprint density at radius 3 is 2.19 bits per heavy atom. The van der Waals surface area contributed by atoms with Crippen LogP contribution in [0.25, 0.3) is 32.8 Å². The lowest BCUT2D eigenvalue weighted by atomic mass is 9.69. The molecule has 1 aliphatic heterocycles. The molecule has 5 heteroatoms. The van der Waals surface area contributed by atoms with Crippen LogP contribution >= 0.6 is 0 Å². The minimum atomic E-state index is -0.421. The largest absolute Gasteiger partial charge is 0.460 e. The van der Waals surface area contributed by atoms with E-state index in [2.05, 4.69) is 13.8 Å². The van der Waals surface area contributed by atoms with Gasteiger partial charge in [0.1, 0.15) is 17.3 Å². The Morgan fingerprint density at radius 1 is 0.833 bits per heavy atom. The fraction of sp³-hybridized carbons (Fsp3) is 0.194. The lowest BCUT2D eigenvalue weighted by Gasteiger charge is -2.39. The van der Waals surface area contributed by atoms with E-state index in [-0.39, 0.29) is 17.0 Å². The van der Waals surface area contributed by atoms with Gasteiger partial charge in [0.25, 0.3) is 0 Å². The first kappa shape index (κ1) is 21.2. The van der Waals surface area contributed by atoms with Gasteiger partial charge < -0.3 is 4.74 Å². The molecular weight excluding hydrogens is 451 g/mol. The van der Waals surface area contributed by atoms with Crippen molar-refractivity contribution in [1.29, 1.82) is 0 Å². The summed E-state index contributed by atoms with van der Waals surface area (Å²) < 4.78 is 20.6. The van der Waals surface area contributed by atoms with Crippen molar-refractivity contribution in [2.24, 2.45) is 5.41 Å². The van der Waals surface area contributed by atoms with Crippen LogP contribution in [-0.2, 0) is 4.79 Å². The molecule has 4 aromatic carbocycles. The second-order valence-corrected chi connectivity index (χ2v) is 10.6. The summed E-state index contributed by atoms with van der Waals surface area (Å²) in [5, 5.41) is 1.88. The lowest BCUT2D eigenvalue weighted by Crippen LogP contribution is -2.33. The summed E-state index contributed by atoms with van der Waals surface area (Å²) in [6.45, 7) is 4.19. The number of carbonyl (C=O) groups is 1. The number of fused-ring (bicyclic) bond motifs is 7. The van der Waals surface area contributed by atoms with E-state index in [0.717, 1.165) is 38.4 Å². The average Bonchev–Trinajstić information content (AvgIpc) is 2.86. The molecule has 36 heavy (non-hydrogen) atoms. The van der Waals surface area contributed by atoms with E-state index < -0.39 is 5.92 Å². The predicted molar refractivity (Wildman–Crippen MR) is 138 cm³/mol. The highest BCUT2D eigenvalue weighted by Gasteiger charge is 2.43. The SMILES string of the molecule is CC1(C)CC(=O)C2=C(C1)Oc1c(c3nc4ccccc4nc3c3ccccc13)C2c1ccc(F)cc1. The quantitative estimate of drug-likeness (QED) is 0.190. The van der Waals surface area contributed by atoms with Crippen molar-refractivity contribution in [3.8, 4) is 5.75 Å². The molecule has 176 valence electrons. The minimum Gasteiger partial charge on any atom is -0.460 e. The highest BCUT2D eigenvalue weighted by atomic mass is 19.1. The number of carbonyl (C=O) groups excluding carboxylic acids is 1. The molecule has 1 atom stereocenters. The molecule has 1 aromatic heterocycles. The summed E-state index contributed by atoms with van der Waals surface area (Å²) >= 11 is 0. The van der Waals surface area contributed by atoms with E-state index in [9.17, 15) is 9.18 Å². The third-order valence-corrected chi connectivity index (χ3v) is 7.38. The third-order valence-electron chi connectivity index (χ3n) is 7.38. The molecule has 0 bridgehead atoms. The number of ether oxygens (including phenoxy) is 1. The number of hydrogen-bond donors (Lipinski definition) is 0. The molecule has 2 heterocycles. The van der Waals surface area contributed by atoms with Crippen LogP contribution in [0.5, 0.6) is 5.75 Å². The molecule has 0 fully saturated rings. The zero-order chi connectivity index (χ0) is 24.6. The fourth-order valence-corrected chi connectivity index (χ4v) is 5.84. The smallest absolute Gasteiger partial charge is 0.163 e. The van der Waals surface area contributed by atoms with Gasteiger partial charge in [-0.15, -0.1) is 0 Å². The van der Waals surface area contributed by atoms with Gasteiger partial charge >= 0.3 is 0 Å². The van der Waals surface area contributed by atoms with Crippen molar-refractivity contribution in [1.82, 2.24) is 9.97 Å². The van der Waals surface area contributed by atoms with Gasteiger partial charge in [0.05, 0.1) is 22.1 Å². The molecule has 0 amide bonds. The van der Waals surface area contributed by atoms with Crippen LogP contribution in [0.3, 0.4) is 0 Å². The van der Waals surface area contributed by atoms with Crippen LogP contribution in [0.1, 0.15) is 43.7 Å². The molecule has 1 unspecified atom stereocenters. The number of para-hydroxylation sites is 2. The molecule has 5 aromatic rings. The van der Waals surface area contributed by atoms with E-state index >= 15 is 0 Å². The van der Waals surface area contributed by atoms with E-state index in [1.54, 1.807) is 12.1 Å². The number of Topliss-reactive ketones (excluding diaryl/α,β-unsaturated/α-hetero) is 1. The second kappa shape index (κ2) is 7.44. The summed E-state index contributed by atoms with van der Waals surface area (Å²) in [6, 6.07) is 22.3. The molecule has 0 saturated carbocycles. The lowest BCUT2D eigenvalue weighted by molar-refractivity contribution is -0.118. The Kier molecular flexibility index (Phi) is 4.38. The maximum atomic E-state index is 14.0. The standard InChI is InChI=1S/C31H23FN2O2/c1-31(2)15-23(35)26-24(16-31)36-30-20-8-4-3-7-19(20)28-29(34-22-10-6-5-9-21(22)33-28)27(30)25(26)17-11-13-18(32)14-12-17/h3-14,25H,15-16H2,1-2H3. The number of ketones is 1. The van der Waals surface area contributed by atoms with Crippen molar-refractivity contribution in [2.45, 2.75) is 32.6 Å². The first-order chi connectivity index (χ1) is 17.4. The van der Waals surface area contributed by atoms with Crippen LogP contribution < -0.4 is 4.74 Å². The number of hydrogen-bond acceptors (Lipinski definition) is 4. The van der Waals surface area contributed by atoms with E-state index in [0.29, 0.717) is 35.4 Å². The number of allylic oxidation sites excluding steroid dienone is 2. The first-order valence-electron chi connectivity index (χ1n) is 12.2. The van der Waals surface area contributed by atoms with Crippen molar-refractivity contribution in [2.75, 3.05) is 0 Å². The summed E-state index contributed by atoms with van der Waals surface area (Å²) in [7, 11) is 0. The van der Waals surface area contributed by atoms with Gasteiger partial charge in [-0.3, -0.25) is 4.79 Å². The van der Waals surface area contributed by atoms with Crippen molar-refractivity contribution in [3.05, 3.63) is 101 Å². The molecule has 0 spiro atoms. The van der Waals surface area contributed by atoms with Crippen LogP contribution in [0.2, 0.25) is 0 Å². The van der Waals surface area contributed by atoms with Crippen LogP contribution in [-0.4, -0.2) is 15.8 Å². The monoisotopic (exact) mass is 474 g/mol. The van der Waals surface area contributed by atoms with Crippen LogP contribution in [0, 0.1) is 11.2 Å². The summed E-state index contributed by atoms with van der Waals surface area (Å²) in [5.74, 6) is 0.745. The molecule has 0 saturated heterocycles. The van der Waals surface area contributed by atoms with Crippen molar-refractivity contribution in [3.63, 3.8) is 0 Å².